The molecule has 0 aliphatic carbocycles. The maximum atomic E-state index is 13.6. The van der Waals surface area contributed by atoms with Crippen LogP contribution in [0.15, 0.2) is 40.9 Å². The van der Waals surface area contributed by atoms with E-state index in [4.69, 9.17) is 4.74 Å². The molecule has 5 heteroatoms. The molecular formula is C16H16BrF2NO. The zero-order valence-electron chi connectivity index (χ0n) is 11.6. The molecule has 2 aromatic rings. The Labute approximate surface area is 131 Å². The Hall–Kier alpha value is -1.46. The van der Waals surface area contributed by atoms with Crippen LogP contribution >= 0.6 is 15.9 Å². The van der Waals surface area contributed by atoms with Crippen molar-refractivity contribution in [3.05, 3.63) is 63.6 Å². The highest BCUT2D eigenvalue weighted by atomic mass is 79.9. The lowest BCUT2D eigenvalue weighted by Crippen LogP contribution is -2.13. The van der Waals surface area contributed by atoms with Crippen LogP contribution in [0, 0.1) is 11.6 Å². The average Bonchev–Trinajstić information content (AvgIpc) is 2.48. The molecule has 0 saturated carbocycles. The summed E-state index contributed by atoms with van der Waals surface area (Å²) in [6.45, 7) is 3.48. The van der Waals surface area contributed by atoms with Crippen molar-refractivity contribution in [3.8, 4) is 5.75 Å². The molecule has 0 aliphatic rings. The third kappa shape index (κ3) is 4.02. The number of hydrogen-bond donors (Lipinski definition) is 1. The molecule has 21 heavy (non-hydrogen) atoms. The van der Waals surface area contributed by atoms with Crippen molar-refractivity contribution >= 4 is 15.9 Å². The minimum Gasteiger partial charge on any atom is -0.487 e. The standard InChI is InChI=1S/C16H16BrF2NO/c1-2-20-9-11-5-3-7-13(17)16(11)21-10-12-6-4-8-14(18)15(12)19/h3-8,20H,2,9-10H2,1H3. The van der Waals surface area contributed by atoms with E-state index >= 15 is 0 Å². The van der Waals surface area contributed by atoms with Crippen molar-refractivity contribution in [2.45, 2.75) is 20.1 Å². The number of hydrogen-bond acceptors (Lipinski definition) is 2. The lowest BCUT2D eigenvalue weighted by Gasteiger charge is -2.14. The van der Waals surface area contributed by atoms with E-state index in [9.17, 15) is 8.78 Å². The number of benzene rings is 2. The van der Waals surface area contributed by atoms with Gasteiger partial charge < -0.3 is 10.1 Å². The van der Waals surface area contributed by atoms with Crippen molar-refractivity contribution in [1.29, 1.82) is 0 Å². The first-order valence-corrected chi connectivity index (χ1v) is 7.46. The van der Waals surface area contributed by atoms with E-state index in [-0.39, 0.29) is 12.2 Å². The van der Waals surface area contributed by atoms with Gasteiger partial charge in [0.05, 0.1) is 4.47 Å². The Bertz CT molecular complexity index is 619. The third-order valence-corrected chi connectivity index (χ3v) is 3.64. The molecule has 0 saturated heterocycles. The molecule has 0 heterocycles. The first-order chi connectivity index (χ1) is 10.1. The summed E-state index contributed by atoms with van der Waals surface area (Å²) in [5.41, 5.74) is 1.16. The molecule has 1 N–H and O–H groups in total. The fourth-order valence-corrected chi connectivity index (χ4v) is 2.45. The predicted molar refractivity (Wildman–Crippen MR) is 82.2 cm³/mol. The van der Waals surface area contributed by atoms with Crippen molar-refractivity contribution in [1.82, 2.24) is 5.32 Å². The molecule has 112 valence electrons. The highest BCUT2D eigenvalue weighted by Gasteiger charge is 2.11. The lowest BCUT2D eigenvalue weighted by molar-refractivity contribution is 0.291. The topological polar surface area (TPSA) is 21.3 Å². The van der Waals surface area contributed by atoms with Gasteiger partial charge in [0, 0.05) is 17.7 Å². The number of rotatable bonds is 6. The predicted octanol–water partition coefficient (Wildman–Crippen LogP) is 4.42. The number of halogens is 3. The molecule has 0 bridgehead atoms. The fraction of sp³-hybridized carbons (Fsp3) is 0.250. The second-order valence-electron chi connectivity index (χ2n) is 4.51. The molecule has 0 amide bonds. The second kappa shape index (κ2) is 7.52. The second-order valence-corrected chi connectivity index (χ2v) is 5.36. The third-order valence-electron chi connectivity index (χ3n) is 3.02. The molecule has 0 aliphatic heterocycles. The first-order valence-electron chi connectivity index (χ1n) is 6.67. The molecule has 0 unspecified atom stereocenters. The monoisotopic (exact) mass is 355 g/mol. The van der Waals surface area contributed by atoms with Gasteiger partial charge in [-0.05, 0) is 34.6 Å². The van der Waals surface area contributed by atoms with Crippen LogP contribution in [-0.4, -0.2) is 6.54 Å². The van der Waals surface area contributed by atoms with Crippen LogP contribution in [0.2, 0.25) is 0 Å². The highest BCUT2D eigenvalue weighted by Crippen LogP contribution is 2.30. The van der Waals surface area contributed by atoms with Crippen molar-refractivity contribution in [2.24, 2.45) is 0 Å². The number of ether oxygens (including phenoxy) is 1. The zero-order valence-corrected chi connectivity index (χ0v) is 13.2. The molecule has 0 aromatic heterocycles. The average molecular weight is 356 g/mol. The first kappa shape index (κ1) is 15.9. The summed E-state index contributed by atoms with van der Waals surface area (Å²) in [5, 5.41) is 3.22. The normalized spacial score (nSPS) is 10.7. The molecule has 0 fully saturated rings. The summed E-state index contributed by atoms with van der Waals surface area (Å²) in [4.78, 5) is 0. The largest absolute Gasteiger partial charge is 0.487 e. The van der Waals surface area contributed by atoms with Crippen LogP contribution < -0.4 is 10.1 Å². The Kier molecular flexibility index (Phi) is 5.70. The molecule has 2 nitrogen and oxygen atoms in total. The van der Waals surface area contributed by atoms with Crippen molar-refractivity contribution in [3.63, 3.8) is 0 Å². The van der Waals surface area contributed by atoms with Crippen LogP contribution in [0.25, 0.3) is 0 Å². The van der Waals surface area contributed by atoms with Gasteiger partial charge in [0.1, 0.15) is 12.4 Å². The molecule has 0 radical (unpaired) electrons. The van der Waals surface area contributed by atoms with Gasteiger partial charge in [0.15, 0.2) is 11.6 Å². The Balaban J connectivity index is 2.17. The molecule has 0 atom stereocenters. The van der Waals surface area contributed by atoms with Crippen LogP contribution in [0.5, 0.6) is 5.75 Å². The van der Waals surface area contributed by atoms with Gasteiger partial charge in [-0.1, -0.05) is 31.2 Å². The quantitative estimate of drug-likeness (QED) is 0.828. The molecular weight excluding hydrogens is 340 g/mol. The van der Waals surface area contributed by atoms with E-state index < -0.39 is 11.6 Å². The summed E-state index contributed by atoms with van der Waals surface area (Å²) in [5.74, 6) is -1.09. The van der Waals surface area contributed by atoms with E-state index in [0.29, 0.717) is 12.3 Å². The molecule has 2 rings (SSSR count). The maximum Gasteiger partial charge on any atom is 0.165 e. The van der Waals surface area contributed by atoms with Gasteiger partial charge in [0.2, 0.25) is 0 Å². The van der Waals surface area contributed by atoms with Crippen molar-refractivity contribution in [2.75, 3.05) is 6.54 Å². The summed E-state index contributed by atoms with van der Waals surface area (Å²) in [6, 6.07) is 9.77. The molecule has 2 aromatic carbocycles. The van der Waals surface area contributed by atoms with Crippen LogP contribution in [0.4, 0.5) is 8.78 Å². The zero-order chi connectivity index (χ0) is 15.2. The van der Waals surface area contributed by atoms with Gasteiger partial charge in [-0.25, -0.2) is 8.78 Å². The van der Waals surface area contributed by atoms with Gasteiger partial charge in [-0.15, -0.1) is 0 Å². The number of para-hydroxylation sites is 1. The van der Waals surface area contributed by atoms with Crippen LogP contribution in [-0.2, 0) is 13.2 Å². The van der Waals surface area contributed by atoms with Gasteiger partial charge in [-0.2, -0.15) is 0 Å². The van der Waals surface area contributed by atoms with Gasteiger partial charge in [-0.3, -0.25) is 0 Å². The van der Waals surface area contributed by atoms with E-state index in [0.717, 1.165) is 22.6 Å². The fourth-order valence-electron chi connectivity index (χ4n) is 1.92. The van der Waals surface area contributed by atoms with E-state index in [1.165, 1.54) is 12.1 Å². The Morgan fingerprint density at radius 3 is 2.57 bits per heavy atom. The van der Waals surface area contributed by atoms with E-state index in [2.05, 4.69) is 21.2 Å². The highest BCUT2D eigenvalue weighted by molar-refractivity contribution is 9.10. The van der Waals surface area contributed by atoms with Gasteiger partial charge >= 0.3 is 0 Å². The summed E-state index contributed by atoms with van der Waals surface area (Å²) >= 11 is 3.42. The summed E-state index contributed by atoms with van der Waals surface area (Å²) < 4.78 is 33.3. The maximum absolute atomic E-state index is 13.6. The Morgan fingerprint density at radius 2 is 1.81 bits per heavy atom. The van der Waals surface area contributed by atoms with Crippen molar-refractivity contribution < 1.29 is 13.5 Å². The minimum absolute atomic E-state index is 0.0225. The van der Waals surface area contributed by atoms with Gasteiger partial charge in [0.25, 0.3) is 0 Å². The summed E-state index contributed by atoms with van der Waals surface area (Å²) in [7, 11) is 0. The van der Waals surface area contributed by atoms with E-state index in [1.807, 2.05) is 25.1 Å². The number of nitrogens with one attached hydrogen (secondary N) is 1. The summed E-state index contributed by atoms with van der Waals surface area (Å²) in [6.07, 6.45) is 0. The lowest BCUT2D eigenvalue weighted by atomic mass is 10.2. The van der Waals surface area contributed by atoms with Crippen LogP contribution in [0.1, 0.15) is 18.1 Å². The van der Waals surface area contributed by atoms with E-state index in [1.54, 1.807) is 0 Å². The Morgan fingerprint density at radius 1 is 1.10 bits per heavy atom. The smallest absolute Gasteiger partial charge is 0.165 e. The van der Waals surface area contributed by atoms with Crippen LogP contribution in [0.3, 0.4) is 0 Å². The SMILES string of the molecule is CCNCc1cccc(Br)c1OCc1cccc(F)c1F. The molecule has 0 spiro atoms. The minimum atomic E-state index is -0.865.